The molecule has 2 N–H and O–H groups in total. The molecule has 1 unspecified atom stereocenters. The number of hydrogen-bond acceptors (Lipinski definition) is 4. The topological polar surface area (TPSA) is 61.8 Å². The van der Waals surface area contributed by atoms with Crippen LogP contribution in [0.25, 0.3) is 0 Å². The second-order valence-electron chi connectivity index (χ2n) is 4.77. The Balaban J connectivity index is 2.51. The third kappa shape index (κ3) is 5.97. The number of carbonyl (C=O) groups excluding carboxylic acids is 1. The summed E-state index contributed by atoms with van der Waals surface area (Å²) in [5.41, 5.74) is 1.71. The van der Waals surface area contributed by atoms with E-state index >= 15 is 0 Å². The van der Waals surface area contributed by atoms with E-state index in [1.54, 1.807) is 13.0 Å². The van der Waals surface area contributed by atoms with Crippen LogP contribution in [0.2, 0.25) is 0 Å². The highest BCUT2D eigenvalue weighted by Crippen LogP contribution is 2.16. The summed E-state index contributed by atoms with van der Waals surface area (Å²) < 4.78 is 5.39. The number of ether oxygens (including phenoxy) is 1. The third-order valence-electron chi connectivity index (χ3n) is 3.07. The van der Waals surface area contributed by atoms with Gasteiger partial charge in [-0.15, -0.1) is 6.58 Å². The van der Waals surface area contributed by atoms with Gasteiger partial charge in [0, 0.05) is 25.0 Å². The van der Waals surface area contributed by atoms with E-state index in [0.717, 1.165) is 17.8 Å². The minimum absolute atomic E-state index is 0.106. The van der Waals surface area contributed by atoms with Gasteiger partial charge in [0.2, 0.25) is 0 Å². The zero-order valence-corrected chi connectivity index (χ0v) is 12.7. The average Bonchev–Trinajstić information content (AvgIpc) is 2.48. The second kappa shape index (κ2) is 9.15. The zero-order valence-electron chi connectivity index (χ0n) is 12.7. The Morgan fingerprint density at radius 2 is 2.14 bits per heavy atom. The van der Waals surface area contributed by atoms with E-state index in [9.17, 15) is 4.79 Å². The highest BCUT2D eigenvalue weighted by Gasteiger charge is 2.13. The largest absolute Gasteiger partial charge is 0.395 e. The summed E-state index contributed by atoms with van der Waals surface area (Å²) in [4.78, 5) is 13.9. The van der Waals surface area contributed by atoms with E-state index in [4.69, 9.17) is 9.84 Å². The molecule has 0 aliphatic carbocycles. The maximum Gasteiger partial charge on any atom is 0.253 e. The number of aliphatic hydroxyl groups is 1. The molecule has 0 spiro atoms. The predicted octanol–water partition coefficient (Wildman–Crippen LogP) is 2.03. The van der Waals surface area contributed by atoms with Crippen LogP contribution in [0.4, 0.5) is 11.4 Å². The fourth-order valence-corrected chi connectivity index (χ4v) is 1.73. The lowest BCUT2D eigenvalue weighted by molar-refractivity contribution is -0.126. The van der Waals surface area contributed by atoms with Crippen LogP contribution in [0.1, 0.15) is 13.3 Å². The van der Waals surface area contributed by atoms with Gasteiger partial charge in [-0.1, -0.05) is 6.08 Å². The molecule has 0 bridgehead atoms. The predicted molar refractivity (Wildman–Crippen MR) is 85.7 cm³/mol. The van der Waals surface area contributed by atoms with Crippen molar-refractivity contribution in [2.75, 3.05) is 37.0 Å². The molecule has 1 amide bonds. The van der Waals surface area contributed by atoms with E-state index in [1.807, 2.05) is 36.2 Å². The standard InChI is InChI=1S/C16H24N2O3/c1-4-5-12-21-13(2)16(20)17-14-6-8-15(9-7-14)18(3)10-11-19/h4,6-9,13,19H,1,5,10-12H2,2-3H3,(H,17,20). The molecule has 0 aliphatic rings. The van der Waals surface area contributed by atoms with Crippen molar-refractivity contribution >= 4 is 17.3 Å². The first-order valence-electron chi connectivity index (χ1n) is 7.04. The van der Waals surface area contributed by atoms with E-state index in [2.05, 4.69) is 11.9 Å². The van der Waals surface area contributed by atoms with Crippen molar-refractivity contribution in [1.29, 1.82) is 0 Å². The summed E-state index contributed by atoms with van der Waals surface area (Å²) in [5, 5.41) is 11.7. The molecule has 21 heavy (non-hydrogen) atoms. The number of hydrogen-bond donors (Lipinski definition) is 2. The van der Waals surface area contributed by atoms with E-state index in [-0.39, 0.29) is 12.5 Å². The highest BCUT2D eigenvalue weighted by molar-refractivity contribution is 5.94. The second-order valence-corrected chi connectivity index (χ2v) is 4.77. The first-order chi connectivity index (χ1) is 10.1. The Morgan fingerprint density at radius 3 is 2.71 bits per heavy atom. The lowest BCUT2D eigenvalue weighted by Crippen LogP contribution is -2.28. The minimum Gasteiger partial charge on any atom is -0.395 e. The average molecular weight is 292 g/mol. The Morgan fingerprint density at radius 1 is 1.48 bits per heavy atom. The van der Waals surface area contributed by atoms with Gasteiger partial charge in [-0.05, 0) is 37.6 Å². The Kier molecular flexibility index (Phi) is 7.50. The first-order valence-corrected chi connectivity index (χ1v) is 7.04. The van der Waals surface area contributed by atoms with Crippen LogP contribution in [0.3, 0.4) is 0 Å². The maximum absolute atomic E-state index is 11.9. The number of carbonyl (C=O) groups is 1. The number of rotatable bonds is 9. The van der Waals surface area contributed by atoms with Crippen molar-refractivity contribution in [2.24, 2.45) is 0 Å². The van der Waals surface area contributed by atoms with Crippen molar-refractivity contribution in [3.05, 3.63) is 36.9 Å². The van der Waals surface area contributed by atoms with Gasteiger partial charge in [0.05, 0.1) is 13.2 Å². The van der Waals surface area contributed by atoms with Crippen LogP contribution in [-0.2, 0) is 9.53 Å². The van der Waals surface area contributed by atoms with Gasteiger partial charge in [-0.25, -0.2) is 0 Å². The van der Waals surface area contributed by atoms with Crippen LogP contribution in [-0.4, -0.2) is 43.9 Å². The minimum atomic E-state index is -0.498. The molecule has 0 heterocycles. The first kappa shape index (κ1) is 17.2. The quantitative estimate of drug-likeness (QED) is 0.540. The molecule has 1 aromatic rings. The summed E-state index contributed by atoms with van der Waals surface area (Å²) >= 11 is 0. The molecule has 116 valence electrons. The van der Waals surface area contributed by atoms with Gasteiger partial charge in [0.1, 0.15) is 6.10 Å². The molecule has 0 radical (unpaired) electrons. The van der Waals surface area contributed by atoms with Crippen LogP contribution < -0.4 is 10.2 Å². The van der Waals surface area contributed by atoms with Gasteiger partial charge in [0.25, 0.3) is 5.91 Å². The summed E-state index contributed by atoms with van der Waals surface area (Å²) in [6.07, 6.45) is 1.98. The van der Waals surface area contributed by atoms with Crippen molar-refractivity contribution in [3.63, 3.8) is 0 Å². The molecule has 1 atom stereocenters. The number of aliphatic hydroxyl groups excluding tert-OH is 1. The Labute approximate surface area is 126 Å². The molecule has 5 heteroatoms. The molecule has 0 aromatic heterocycles. The van der Waals surface area contributed by atoms with Crippen LogP contribution in [0.15, 0.2) is 36.9 Å². The van der Waals surface area contributed by atoms with E-state index in [0.29, 0.717) is 13.2 Å². The maximum atomic E-state index is 11.9. The number of amides is 1. The number of nitrogens with one attached hydrogen (secondary N) is 1. The van der Waals surface area contributed by atoms with Crippen molar-refractivity contribution in [2.45, 2.75) is 19.4 Å². The molecule has 1 aromatic carbocycles. The Bertz CT molecular complexity index is 445. The molecule has 5 nitrogen and oxygen atoms in total. The van der Waals surface area contributed by atoms with Gasteiger partial charge >= 0.3 is 0 Å². The molecule has 0 saturated carbocycles. The molecule has 0 saturated heterocycles. The van der Waals surface area contributed by atoms with E-state index < -0.39 is 6.10 Å². The number of benzene rings is 1. The van der Waals surface area contributed by atoms with Crippen molar-refractivity contribution < 1.29 is 14.6 Å². The van der Waals surface area contributed by atoms with Gasteiger partial charge < -0.3 is 20.1 Å². The van der Waals surface area contributed by atoms with Crippen molar-refractivity contribution in [3.8, 4) is 0 Å². The lowest BCUT2D eigenvalue weighted by atomic mass is 10.2. The normalized spacial score (nSPS) is 11.8. The lowest BCUT2D eigenvalue weighted by Gasteiger charge is -2.18. The number of anilines is 2. The highest BCUT2D eigenvalue weighted by atomic mass is 16.5. The molecule has 1 rings (SSSR count). The van der Waals surface area contributed by atoms with Gasteiger partial charge in [0.15, 0.2) is 0 Å². The number of nitrogens with zero attached hydrogens (tertiary/aromatic N) is 1. The van der Waals surface area contributed by atoms with Gasteiger partial charge in [-0.2, -0.15) is 0 Å². The SMILES string of the molecule is C=CCCOC(C)C(=O)Nc1ccc(N(C)CCO)cc1. The fraction of sp³-hybridized carbons (Fsp3) is 0.438. The molecule has 0 aliphatic heterocycles. The summed E-state index contributed by atoms with van der Waals surface area (Å²) in [6.45, 7) is 6.49. The Hall–Kier alpha value is -1.85. The van der Waals surface area contributed by atoms with E-state index in [1.165, 1.54) is 0 Å². The van der Waals surface area contributed by atoms with Crippen LogP contribution >= 0.6 is 0 Å². The monoisotopic (exact) mass is 292 g/mol. The molecular formula is C16H24N2O3. The van der Waals surface area contributed by atoms with Gasteiger partial charge in [-0.3, -0.25) is 4.79 Å². The van der Waals surface area contributed by atoms with Crippen molar-refractivity contribution in [1.82, 2.24) is 0 Å². The van der Waals surface area contributed by atoms with Crippen LogP contribution in [0.5, 0.6) is 0 Å². The summed E-state index contributed by atoms with van der Waals surface area (Å²) in [6, 6.07) is 7.46. The zero-order chi connectivity index (χ0) is 15.7. The number of likely N-dealkylation sites (N-methyl/N-ethyl adjacent to an activating group) is 1. The fourth-order valence-electron chi connectivity index (χ4n) is 1.73. The smallest absolute Gasteiger partial charge is 0.253 e. The third-order valence-corrected chi connectivity index (χ3v) is 3.07. The molecule has 0 fully saturated rings. The summed E-state index contributed by atoms with van der Waals surface area (Å²) in [5.74, 6) is -0.171. The molecular weight excluding hydrogens is 268 g/mol. The van der Waals surface area contributed by atoms with Crippen LogP contribution in [0, 0.1) is 0 Å². The summed E-state index contributed by atoms with van der Waals surface area (Å²) in [7, 11) is 1.90.